The van der Waals surface area contributed by atoms with Crippen molar-refractivity contribution >= 4 is 22.8 Å². The molecule has 170 valence electrons. The maximum Gasteiger partial charge on any atom is 0.329 e. The average molecular weight is 443 g/mol. The van der Waals surface area contributed by atoms with E-state index in [0.717, 1.165) is 50.7 Å². The summed E-state index contributed by atoms with van der Waals surface area (Å²) in [7, 11) is 0. The molecule has 1 aromatic heterocycles. The molecule has 0 N–H and O–H groups in total. The number of unbranched alkanes of at least 4 members (excludes halogenated alkanes) is 1. The van der Waals surface area contributed by atoms with E-state index in [1.165, 1.54) is 5.56 Å². The number of piperidine rings is 1. The van der Waals surface area contributed by atoms with Gasteiger partial charge in [-0.25, -0.2) is 9.97 Å². The number of hydrogen-bond acceptors (Lipinski definition) is 6. The minimum Gasteiger partial charge on any atom is -0.464 e. The van der Waals surface area contributed by atoms with Crippen LogP contribution < -0.4 is 4.90 Å². The molecular formula is C27H30N4O2. The van der Waals surface area contributed by atoms with Gasteiger partial charge < -0.3 is 9.64 Å². The topological polar surface area (TPSA) is 79.1 Å². The van der Waals surface area contributed by atoms with Crippen molar-refractivity contribution in [1.29, 1.82) is 5.26 Å². The zero-order valence-corrected chi connectivity index (χ0v) is 19.1. The van der Waals surface area contributed by atoms with Gasteiger partial charge in [-0.15, -0.1) is 0 Å². The molecule has 1 aliphatic rings. The van der Waals surface area contributed by atoms with E-state index in [4.69, 9.17) is 14.7 Å². The number of benzene rings is 2. The van der Waals surface area contributed by atoms with E-state index in [9.17, 15) is 10.1 Å². The van der Waals surface area contributed by atoms with Crippen molar-refractivity contribution in [2.75, 3.05) is 24.6 Å². The van der Waals surface area contributed by atoms with Crippen LogP contribution in [0, 0.1) is 17.2 Å². The zero-order valence-electron chi connectivity index (χ0n) is 19.1. The van der Waals surface area contributed by atoms with Crippen LogP contribution in [0.15, 0.2) is 54.6 Å². The number of nitrogens with zero attached hydrogens (tertiary/aromatic N) is 4. The summed E-state index contributed by atoms with van der Waals surface area (Å²) < 4.78 is 5.38. The summed E-state index contributed by atoms with van der Waals surface area (Å²) in [5.41, 5.74) is 3.20. The van der Waals surface area contributed by atoms with Gasteiger partial charge in [-0.2, -0.15) is 5.26 Å². The Bertz CT molecular complexity index is 1120. The molecule has 0 saturated carbocycles. The van der Waals surface area contributed by atoms with Crippen molar-refractivity contribution in [3.63, 3.8) is 0 Å². The smallest absolute Gasteiger partial charge is 0.329 e. The third-order valence-corrected chi connectivity index (χ3v) is 6.24. The van der Waals surface area contributed by atoms with Crippen LogP contribution in [0.4, 0.5) is 5.82 Å². The Kier molecular flexibility index (Phi) is 7.51. The third-order valence-electron chi connectivity index (χ3n) is 6.24. The first-order valence-corrected chi connectivity index (χ1v) is 11.8. The van der Waals surface area contributed by atoms with Gasteiger partial charge in [-0.3, -0.25) is 4.79 Å². The van der Waals surface area contributed by atoms with Crippen molar-refractivity contribution in [3.05, 3.63) is 65.9 Å². The number of esters is 1. The molecular weight excluding hydrogens is 412 g/mol. The SMILES string of the molecule is CCCCOC(=O)[C@@H](C#N)c1nc2ccccc2nc1N1CCC(Cc2ccccc2)CC1. The van der Waals surface area contributed by atoms with Gasteiger partial charge in [0.15, 0.2) is 11.7 Å². The molecule has 0 amide bonds. The second kappa shape index (κ2) is 10.9. The second-order valence-corrected chi connectivity index (χ2v) is 8.62. The highest BCUT2D eigenvalue weighted by atomic mass is 16.5. The average Bonchev–Trinajstić information content (AvgIpc) is 2.85. The predicted molar refractivity (Wildman–Crippen MR) is 129 cm³/mol. The number of fused-ring (bicyclic) bond motifs is 1. The normalized spacial score (nSPS) is 15.2. The van der Waals surface area contributed by atoms with Crippen molar-refractivity contribution in [2.45, 2.75) is 44.9 Å². The van der Waals surface area contributed by atoms with Gasteiger partial charge >= 0.3 is 5.97 Å². The molecule has 0 radical (unpaired) electrons. The maximum absolute atomic E-state index is 12.7. The van der Waals surface area contributed by atoms with Gasteiger partial charge in [-0.1, -0.05) is 55.8 Å². The molecule has 33 heavy (non-hydrogen) atoms. The van der Waals surface area contributed by atoms with Crippen molar-refractivity contribution in [1.82, 2.24) is 9.97 Å². The van der Waals surface area contributed by atoms with Crippen LogP contribution in [0.5, 0.6) is 0 Å². The lowest BCUT2D eigenvalue weighted by Crippen LogP contribution is -2.36. The van der Waals surface area contributed by atoms with Gasteiger partial charge in [0.05, 0.1) is 23.7 Å². The standard InChI is InChI=1S/C27H30N4O2/c1-2-3-17-33-27(32)22(19-28)25-26(30-24-12-8-7-11-23(24)29-25)31-15-13-21(14-16-31)18-20-9-5-4-6-10-20/h4-12,21-22H,2-3,13-18H2,1H3/t22-/m0/s1. The van der Waals surface area contributed by atoms with Gasteiger partial charge in [0.2, 0.25) is 0 Å². The number of aromatic nitrogens is 2. The van der Waals surface area contributed by atoms with Crippen LogP contribution in [0.25, 0.3) is 11.0 Å². The Morgan fingerprint density at radius 1 is 1.09 bits per heavy atom. The van der Waals surface area contributed by atoms with Crippen molar-refractivity contribution in [3.8, 4) is 6.07 Å². The number of para-hydroxylation sites is 2. The molecule has 6 heteroatoms. The van der Waals surface area contributed by atoms with Crippen LogP contribution in [0.3, 0.4) is 0 Å². The summed E-state index contributed by atoms with van der Waals surface area (Å²) in [6, 6.07) is 20.3. The number of anilines is 1. The number of rotatable bonds is 8. The fourth-order valence-corrected chi connectivity index (χ4v) is 4.35. The van der Waals surface area contributed by atoms with E-state index < -0.39 is 11.9 Å². The lowest BCUT2D eigenvalue weighted by Gasteiger charge is -2.34. The highest BCUT2D eigenvalue weighted by molar-refractivity contribution is 5.85. The molecule has 0 spiro atoms. The number of nitriles is 1. The van der Waals surface area contributed by atoms with E-state index in [0.29, 0.717) is 29.6 Å². The molecule has 0 aliphatic carbocycles. The Morgan fingerprint density at radius 3 is 2.42 bits per heavy atom. The van der Waals surface area contributed by atoms with Crippen molar-refractivity contribution in [2.24, 2.45) is 5.92 Å². The Hall–Kier alpha value is -3.46. The molecule has 3 aromatic rings. The highest BCUT2D eigenvalue weighted by Crippen LogP contribution is 2.31. The minimum atomic E-state index is -1.09. The first-order chi connectivity index (χ1) is 16.2. The monoisotopic (exact) mass is 442 g/mol. The van der Waals surface area contributed by atoms with Crippen LogP contribution in [0.2, 0.25) is 0 Å². The molecule has 4 rings (SSSR count). The fourth-order valence-electron chi connectivity index (χ4n) is 4.35. The van der Waals surface area contributed by atoms with Gasteiger partial charge in [0.1, 0.15) is 5.69 Å². The van der Waals surface area contributed by atoms with Crippen LogP contribution in [0.1, 0.15) is 49.8 Å². The first kappa shape index (κ1) is 22.7. The summed E-state index contributed by atoms with van der Waals surface area (Å²) >= 11 is 0. The zero-order chi connectivity index (χ0) is 23.0. The summed E-state index contributed by atoms with van der Waals surface area (Å²) in [5, 5.41) is 9.87. The van der Waals surface area contributed by atoms with Gasteiger partial charge in [0.25, 0.3) is 0 Å². The van der Waals surface area contributed by atoms with Gasteiger partial charge in [-0.05, 0) is 49.3 Å². The van der Waals surface area contributed by atoms with Crippen molar-refractivity contribution < 1.29 is 9.53 Å². The second-order valence-electron chi connectivity index (χ2n) is 8.62. The molecule has 2 heterocycles. The predicted octanol–water partition coefficient (Wildman–Crippen LogP) is 5.04. The number of hydrogen-bond donors (Lipinski definition) is 0. The van der Waals surface area contributed by atoms with E-state index in [1.54, 1.807) is 0 Å². The molecule has 6 nitrogen and oxygen atoms in total. The summed E-state index contributed by atoms with van der Waals surface area (Å²) in [6.07, 6.45) is 4.82. The molecule has 0 unspecified atom stereocenters. The summed E-state index contributed by atoms with van der Waals surface area (Å²) in [6.45, 7) is 3.99. The molecule has 1 fully saturated rings. The van der Waals surface area contributed by atoms with Crippen LogP contribution in [-0.4, -0.2) is 35.6 Å². The maximum atomic E-state index is 12.7. The Labute approximate surface area is 195 Å². The van der Waals surface area contributed by atoms with E-state index in [-0.39, 0.29) is 0 Å². The quantitative estimate of drug-likeness (QED) is 0.359. The molecule has 1 saturated heterocycles. The molecule has 2 aromatic carbocycles. The number of carbonyl (C=O) groups is 1. The van der Waals surface area contributed by atoms with E-state index in [1.807, 2.05) is 37.3 Å². The lowest BCUT2D eigenvalue weighted by molar-refractivity contribution is -0.144. The number of ether oxygens (including phenoxy) is 1. The minimum absolute atomic E-state index is 0.314. The van der Waals surface area contributed by atoms with E-state index in [2.05, 4.69) is 35.2 Å². The summed E-state index contributed by atoms with van der Waals surface area (Å²) in [5.74, 6) is -0.399. The molecule has 1 aliphatic heterocycles. The Morgan fingerprint density at radius 2 is 1.76 bits per heavy atom. The largest absolute Gasteiger partial charge is 0.464 e. The molecule has 0 bridgehead atoms. The lowest BCUT2D eigenvalue weighted by atomic mass is 9.90. The Balaban J connectivity index is 1.57. The highest BCUT2D eigenvalue weighted by Gasteiger charge is 2.31. The fraction of sp³-hybridized carbons (Fsp3) is 0.407. The first-order valence-electron chi connectivity index (χ1n) is 11.8. The van der Waals surface area contributed by atoms with E-state index >= 15 is 0 Å². The van der Waals surface area contributed by atoms with Gasteiger partial charge in [0, 0.05) is 13.1 Å². The summed E-state index contributed by atoms with van der Waals surface area (Å²) in [4.78, 5) is 24.5. The number of carbonyl (C=O) groups excluding carboxylic acids is 1. The third kappa shape index (κ3) is 5.48. The van der Waals surface area contributed by atoms with Crippen LogP contribution in [-0.2, 0) is 16.0 Å². The van der Waals surface area contributed by atoms with Crippen LogP contribution >= 0.6 is 0 Å². The molecule has 1 atom stereocenters.